The van der Waals surface area contributed by atoms with Crippen LogP contribution in [0.2, 0.25) is 0 Å². The molecular formula is C15H10F3N5S. The summed E-state index contributed by atoms with van der Waals surface area (Å²) >= 11 is 1.22. The lowest BCUT2D eigenvalue weighted by atomic mass is 10.3. The molecule has 0 radical (unpaired) electrons. The Morgan fingerprint density at radius 3 is 2.33 bits per heavy atom. The first kappa shape index (κ1) is 16.1. The van der Waals surface area contributed by atoms with Crippen LogP contribution in [0.4, 0.5) is 30.4 Å². The normalized spacial score (nSPS) is 12.0. The number of benzene rings is 1. The molecule has 0 aliphatic heterocycles. The number of anilines is 1. The van der Waals surface area contributed by atoms with Crippen LogP contribution in [0.25, 0.3) is 10.7 Å². The van der Waals surface area contributed by atoms with E-state index in [-0.39, 0.29) is 11.6 Å². The molecule has 122 valence electrons. The maximum absolute atomic E-state index is 13.3. The van der Waals surface area contributed by atoms with Crippen LogP contribution in [0.3, 0.4) is 0 Å². The Kier molecular flexibility index (Phi) is 4.26. The Labute approximate surface area is 138 Å². The SMILES string of the molecule is Nc1nc(-c2cccs2)nc(C(F)(F)F)c1N=Nc1ccccc1. The molecule has 1 aromatic carbocycles. The fourth-order valence-corrected chi connectivity index (χ4v) is 2.54. The average Bonchev–Trinajstić information content (AvgIpc) is 3.07. The van der Waals surface area contributed by atoms with Gasteiger partial charge in [-0.15, -0.1) is 16.5 Å². The van der Waals surface area contributed by atoms with Gasteiger partial charge in [0.25, 0.3) is 0 Å². The van der Waals surface area contributed by atoms with Gasteiger partial charge in [-0.25, -0.2) is 9.97 Å². The Balaban J connectivity index is 2.10. The van der Waals surface area contributed by atoms with Gasteiger partial charge in [0, 0.05) is 0 Å². The van der Waals surface area contributed by atoms with Gasteiger partial charge in [0.15, 0.2) is 23.0 Å². The summed E-state index contributed by atoms with van der Waals surface area (Å²) in [6, 6.07) is 11.7. The summed E-state index contributed by atoms with van der Waals surface area (Å²) in [7, 11) is 0. The number of nitrogens with two attached hydrogens (primary N) is 1. The smallest absolute Gasteiger partial charge is 0.382 e. The highest BCUT2D eigenvalue weighted by Crippen LogP contribution is 2.39. The molecule has 3 aromatic rings. The van der Waals surface area contributed by atoms with Gasteiger partial charge >= 0.3 is 6.18 Å². The molecule has 0 aliphatic rings. The van der Waals surface area contributed by atoms with Crippen LogP contribution in [-0.4, -0.2) is 9.97 Å². The molecule has 0 fully saturated rings. The second-order valence-corrected chi connectivity index (χ2v) is 5.59. The van der Waals surface area contributed by atoms with Gasteiger partial charge in [-0.3, -0.25) is 0 Å². The number of hydrogen-bond acceptors (Lipinski definition) is 6. The summed E-state index contributed by atoms with van der Waals surface area (Å²) in [5.41, 5.74) is 4.28. The van der Waals surface area contributed by atoms with E-state index < -0.39 is 17.6 Å². The van der Waals surface area contributed by atoms with Crippen LogP contribution in [0.1, 0.15) is 5.69 Å². The van der Waals surface area contributed by atoms with E-state index in [0.717, 1.165) is 0 Å². The van der Waals surface area contributed by atoms with E-state index in [9.17, 15) is 13.2 Å². The van der Waals surface area contributed by atoms with Crippen LogP contribution < -0.4 is 5.73 Å². The summed E-state index contributed by atoms with van der Waals surface area (Å²) in [5, 5.41) is 9.11. The Morgan fingerprint density at radius 2 is 1.71 bits per heavy atom. The fourth-order valence-electron chi connectivity index (χ4n) is 1.89. The number of rotatable bonds is 3. The van der Waals surface area contributed by atoms with Gasteiger partial charge in [-0.2, -0.15) is 18.3 Å². The van der Waals surface area contributed by atoms with Gasteiger partial charge in [-0.05, 0) is 23.6 Å². The maximum Gasteiger partial charge on any atom is 0.435 e. The molecule has 5 nitrogen and oxygen atoms in total. The van der Waals surface area contributed by atoms with E-state index in [2.05, 4.69) is 20.2 Å². The highest BCUT2D eigenvalue weighted by atomic mass is 32.1. The van der Waals surface area contributed by atoms with Crippen molar-refractivity contribution in [2.45, 2.75) is 6.18 Å². The van der Waals surface area contributed by atoms with Gasteiger partial charge in [-0.1, -0.05) is 24.3 Å². The van der Waals surface area contributed by atoms with Gasteiger partial charge < -0.3 is 5.73 Å². The summed E-state index contributed by atoms with van der Waals surface area (Å²) in [6.07, 6.45) is -4.73. The van der Waals surface area contributed by atoms with Crippen LogP contribution in [0.15, 0.2) is 58.1 Å². The maximum atomic E-state index is 13.3. The van der Waals surface area contributed by atoms with Crippen molar-refractivity contribution in [3.05, 3.63) is 53.5 Å². The number of thiophene rings is 1. The monoisotopic (exact) mass is 349 g/mol. The molecule has 3 rings (SSSR count). The average molecular weight is 349 g/mol. The van der Waals surface area contributed by atoms with Crippen LogP contribution in [-0.2, 0) is 6.18 Å². The molecule has 0 bridgehead atoms. The van der Waals surface area contributed by atoms with Gasteiger partial charge in [0.2, 0.25) is 0 Å². The van der Waals surface area contributed by atoms with Crippen molar-refractivity contribution in [3.63, 3.8) is 0 Å². The van der Waals surface area contributed by atoms with Crippen molar-refractivity contribution < 1.29 is 13.2 Å². The lowest BCUT2D eigenvalue weighted by Gasteiger charge is -2.11. The minimum atomic E-state index is -4.73. The quantitative estimate of drug-likeness (QED) is 0.658. The van der Waals surface area contributed by atoms with E-state index in [4.69, 9.17) is 5.73 Å². The highest BCUT2D eigenvalue weighted by molar-refractivity contribution is 7.13. The Bertz CT molecular complexity index is 861. The molecule has 0 atom stereocenters. The zero-order valence-electron chi connectivity index (χ0n) is 12.0. The second kappa shape index (κ2) is 6.36. The second-order valence-electron chi connectivity index (χ2n) is 4.64. The van der Waals surface area contributed by atoms with Crippen molar-refractivity contribution in [1.82, 2.24) is 9.97 Å². The molecule has 2 heterocycles. The van der Waals surface area contributed by atoms with Gasteiger partial charge in [0.1, 0.15) is 0 Å². The minimum absolute atomic E-state index is 0.0894. The van der Waals surface area contributed by atoms with Crippen molar-refractivity contribution in [3.8, 4) is 10.7 Å². The number of halogens is 3. The third-order valence-corrected chi connectivity index (χ3v) is 3.81. The van der Waals surface area contributed by atoms with Crippen molar-refractivity contribution >= 4 is 28.5 Å². The molecular weight excluding hydrogens is 339 g/mol. The number of hydrogen-bond donors (Lipinski definition) is 1. The molecule has 0 saturated carbocycles. The zero-order valence-corrected chi connectivity index (χ0v) is 12.8. The molecule has 0 spiro atoms. The van der Waals surface area contributed by atoms with Crippen molar-refractivity contribution in [2.75, 3.05) is 5.73 Å². The van der Waals surface area contributed by atoms with E-state index in [1.807, 2.05) is 0 Å². The molecule has 0 amide bonds. The first-order chi connectivity index (χ1) is 11.4. The largest absolute Gasteiger partial charge is 0.435 e. The summed E-state index contributed by atoms with van der Waals surface area (Å²) in [5.74, 6) is -0.464. The number of nitrogen functional groups attached to an aromatic ring is 1. The third kappa shape index (κ3) is 3.40. The number of aromatic nitrogens is 2. The zero-order chi connectivity index (χ0) is 17.2. The number of alkyl halides is 3. The topological polar surface area (TPSA) is 76.5 Å². The summed E-state index contributed by atoms with van der Waals surface area (Å²) in [6.45, 7) is 0. The Morgan fingerprint density at radius 1 is 0.958 bits per heavy atom. The minimum Gasteiger partial charge on any atom is -0.382 e. The van der Waals surface area contributed by atoms with Gasteiger partial charge in [0.05, 0.1) is 10.6 Å². The van der Waals surface area contributed by atoms with E-state index >= 15 is 0 Å². The first-order valence-corrected chi connectivity index (χ1v) is 7.58. The summed E-state index contributed by atoms with van der Waals surface area (Å²) in [4.78, 5) is 8.01. The molecule has 0 aliphatic carbocycles. The predicted molar refractivity (Wildman–Crippen MR) is 85.4 cm³/mol. The van der Waals surface area contributed by atoms with Crippen molar-refractivity contribution in [2.24, 2.45) is 10.2 Å². The third-order valence-electron chi connectivity index (χ3n) is 2.94. The predicted octanol–water partition coefficient (Wildman–Crippen LogP) is 5.22. The van der Waals surface area contributed by atoms with Crippen molar-refractivity contribution in [1.29, 1.82) is 0 Å². The molecule has 2 N–H and O–H groups in total. The first-order valence-electron chi connectivity index (χ1n) is 6.70. The van der Waals surface area contributed by atoms with Crippen LogP contribution in [0.5, 0.6) is 0 Å². The number of nitrogens with zero attached hydrogens (tertiary/aromatic N) is 4. The number of azo groups is 1. The highest BCUT2D eigenvalue weighted by Gasteiger charge is 2.38. The molecule has 9 heteroatoms. The van der Waals surface area contributed by atoms with E-state index in [1.165, 1.54) is 11.3 Å². The van der Waals surface area contributed by atoms with E-state index in [1.54, 1.807) is 47.8 Å². The fraction of sp³-hybridized carbons (Fsp3) is 0.0667. The van der Waals surface area contributed by atoms with Crippen LogP contribution >= 0.6 is 11.3 Å². The molecule has 24 heavy (non-hydrogen) atoms. The molecule has 0 saturated heterocycles. The molecule has 2 aromatic heterocycles. The lowest BCUT2D eigenvalue weighted by molar-refractivity contribution is -0.140. The Hall–Kier alpha value is -2.81. The summed E-state index contributed by atoms with van der Waals surface area (Å²) < 4.78 is 40.0. The van der Waals surface area contributed by atoms with Crippen LogP contribution in [0, 0.1) is 0 Å². The van der Waals surface area contributed by atoms with E-state index in [0.29, 0.717) is 10.6 Å². The lowest BCUT2D eigenvalue weighted by Crippen LogP contribution is -2.11. The molecule has 0 unspecified atom stereocenters. The standard InChI is InChI=1S/C15H10F3N5S/c16-15(17,18)12-11(23-22-9-5-2-1-3-6-9)13(19)21-14(20-12)10-7-4-8-24-10/h1-8H,(H2,19,20,21).